The molecule has 0 aliphatic rings. The number of ether oxygens (including phenoxy) is 1. The normalized spacial score (nSPS) is 12.9. The first-order valence-electron chi connectivity index (χ1n) is 9.78. The molecule has 0 radical (unpaired) electrons. The Morgan fingerprint density at radius 2 is 1.91 bits per heavy atom. The largest absolute Gasteiger partial charge is 0.489 e. The molecule has 0 fully saturated rings. The number of rotatable bonds is 8. The Morgan fingerprint density at radius 1 is 1.22 bits per heavy atom. The molecular formula is C21H26Cl2FN5O2S. The number of hydrogen-bond donors (Lipinski definition) is 3. The van der Waals surface area contributed by atoms with Gasteiger partial charge in [-0.25, -0.2) is 9.37 Å². The molecule has 174 valence electrons. The van der Waals surface area contributed by atoms with Gasteiger partial charge in [-0.3, -0.25) is 0 Å². The highest BCUT2D eigenvalue weighted by atomic mass is 35.5. The maximum absolute atomic E-state index is 14.6. The molecule has 7 nitrogen and oxygen atoms in total. The lowest BCUT2D eigenvalue weighted by molar-refractivity contribution is 0.129. The molecule has 4 N–H and O–H groups in total. The number of anilines is 1. The van der Waals surface area contributed by atoms with Gasteiger partial charge in [0.05, 0.1) is 17.2 Å². The van der Waals surface area contributed by atoms with Gasteiger partial charge in [0.25, 0.3) is 0 Å². The summed E-state index contributed by atoms with van der Waals surface area (Å²) >= 11 is 7.65. The molecular weight excluding hydrogens is 476 g/mol. The second kappa shape index (κ2) is 11.2. The molecule has 0 aliphatic heterocycles. The maximum atomic E-state index is 14.6. The summed E-state index contributed by atoms with van der Waals surface area (Å²) in [7, 11) is 0. The summed E-state index contributed by atoms with van der Waals surface area (Å²) < 4.78 is 19.9. The van der Waals surface area contributed by atoms with Crippen LogP contribution in [0.25, 0.3) is 21.1 Å². The second-order valence-electron chi connectivity index (χ2n) is 7.58. The fourth-order valence-corrected chi connectivity index (χ4v) is 3.85. The Hall–Kier alpha value is -2.04. The first kappa shape index (κ1) is 26.2. The summed E-state index contributed by atoms with van der Waals surface area (Å²) in [5, 5.41) is 22.5. The van der Waals surface area contributed by atoms with Gasteiger partial charge in [0.2, 0.25) is 0 Å². The summed E-state index contributed by atoms with van der Waals surface area (Å²) in [5.74, 6) is 0.178. The van der Waals surface area contributed by atoms with Crippen molar-refractivity contribution in [1.29, 1.82) is 0 Å². The number of nitrogens with one attached hydrogen (secondary N) is 1. The van der Waals surface area contributed by atoms with Crippen molar-refractivity contribution in [1.82, 2.24) is 15.2 Å². The van der Waals surface area contributed by atoms with Gasteiger partial charge in [-0.2, -0.15) is 0 Å². The molecule has 0 saturated carbocycles. The van der Waals surface area contributed by atoms with Crippen molar-refractivity contribution in [2.45, 2.75) is 45.9 Å². The van der Waals surface area contributed by atoms with Crippen LogP contribution >= 0.6 is 35.3 Å². The minimum Gasteiger partial charge on any atom is -0.489 e. The van der Waals surface area contributed by atoms with E-state index in [1.807, 2.05) is 26.8 Å². The molecule has 0 bridgehead atoms. The number of aromatic nitrogens is 3. The van der Waals surface area contributed by atoms with Crippen molar-refractivity contribution >= 4 is 41.2 Å². The summed E-state index contributed by atoms with van der Waals surface area (Å²) in [5.41, 5.74) is 7.94. The third-order valence-electron chi connectivity index (χ3n) is 4.48. The highest BCUT2D eigenvalue weighted by Crippen LogP contribution is 2.37. The van der Waals surface area contributed by atoms with Crippen molar-refractivity contribution < 1.29 is 14.2 Å². The number of aliphatic hydroxyl groups is 1. The fraction of sp³-hybridized carbons (Fsp3) is 0.381. The standard InChI is InChI=1S/C21H25ClFN5O2S.ClH/c1-10(2)26-19-11(3)5-13(8-25-19)20-27-28-21(31-20)14-6-16(23)18(7-15(14)22)30-9-17(24)12(4)29;/h5-8,10,12,17,29H,9,24H2,1-4H3,(H,25,26);1H/t12-,17-;/m1./s1. The van der Waals surface area contributed by atoms with Gasteiger partial charge in [0.15, 0.2) is 11.6 Å². The molecule has 0 spiro atoms. The number of nitrogens with zero attached hydrogens (tertiary/aromatic N) is 3. The monoisotopic (exact) mass is 501 g/mol. The van der Waals surface area contributed by atoms with Crippen molar-refractivity contribution in [3.8, 4) is 26.9 Å². The van der Waals surface area contributed by atoms with E-state index < -0.39 is 18.0 Å². The van der Waals surface area contributed by atoms with Crippen LogP contribution in [0, 0.1) is 12.7 Å². The Morgan fingerprint density at radius 3 is 2.53 bits per heavy atom. The number of nitrogens with two attached hydrogens (primary N) is 1. The second-order valence-corrected chi connectivity index (χ2v) is 8.96. The zero-order valence-electron chi connectivity index (χ0n) is 18.1. The molecule has 2 aromatic heterocycles. The fourth-order valence-electron chi connectivity index (χ4n) is 2.69. The van der Waals surface area contributed by atoms with Crippen molar-refractivity contribution in [2.24, 2.45) is 5.73 Å². The first-order chi connectivity index (χ1) is 14.7. The third-order valence-corrected chi connectivity index (χ3v) is 5.80. The smallest absolute Gasteiger partial charge is 0.165 e. The SMILES string of the molecule is Cc1cc(-c2nnc(-c3cc(F)c(OC[C@@H](N)[C@@H](C)O)cc3Cl)s2)cnc1NC(C)C.Cl. The van der Waals surface area contributed by atoms with E-state index in [1.54, 1.807) is 13.1 Å². The quantitative estimate of drug-likeness (QED) is 0.410. The van der Waals surface area contributed by atoms with Gasteiger partial charge in [0, 0.05) is 29.4 Å². The minimum atomic E-state index is -0.772. The van der Waals surface area contributed by atoms with E-state index in [-0.39, 0.29) is 35.8 Å². The number of halogens is 3. The van der Waals surface area contributed by atoms with Crippen molar-refractivity contribution in [2.75, 3.05) is 11.9 Å². The number of hydrogen-bond acceptors (Lipinski definition) is 8. The summed E-state index contributed by atoms with van der Waals surface area (Å²) in [6.45, 7) is 7.57. The third kappa shape index (κ3) is 6.26. The van der Waals surface area contributed by atoms with Crippen LogP contribution in [0.4, 0.5) is 10.2 Å². The number of benzene rings is 1. The molecule has 3 rings (SSSR count). The van der Waals surface area contributed by atoms with E-state index in [4.69, 9.17) is 22.1 Å². The van der Waals surface area contributed by atoms with E-state index >= 15 is 0 Å². The van der Waals surface area contributed by atoms with Gasteiger partial charge in [-0.05, 0) is 45.4 Å². The predicted molar refractivity (Wildman–Crippen MR) is 129 cm³/mol. The first-order valence-corrected chi connectivity index (χ1v) is 11.0. The van der Waals surface area contributed by atoms with Crippen LogP contribution in [-0.4, -0.2) is 45.1 Å². The van der Waals surface area contributed by atoms with Crippen LogP contribution in [0.2, 0.25) is 5.02 Å². The Labute approximate surface area is 201 Å². The molecule has 0 amide bonds. The Balaban J connectivity index is 0.00000363. The van der Waals surface area contributed by atoms with Crippen LogP contribution in [0.1, 0.15) is 26.3 Å². The molecule has 32 heavy (non-hydrogen) atoms. The van der Waals surface area contributed by atoms with Crippen LogP contribution in [0.15, 0.2) is 24.4 Å². The lowest BCUT2D eigenvalue weighted by Gasteiger charge is -2.16. The molecule has 1 aromatic carbocycles. The van der Waals surface area contributed by atoms with Gasteiger partial charge >= 0.3 is 0 Å². The lowest BCUT2D eigenvalue weighted by Crippen LogP contribution is -2.38. The van der Waals surface area contributed by atoms with Crippen LogP contribution < -0.4 is 15.8 Å². The van der Waals surface area contributed by atoms with E-state index in [9.17, 15) is 9.50 Å². The van der Waals surface area contributed by atoms with E-state index in [0.717, 1.165) is 16.9 Å². The topological polar surface area (TPSA) is 106 Å². The predicted octanol–water partition coefficient (Wildman–Crippen LogP) is 4.70. The molecule has 2 heterocycles. The van der Waals surface area contributed by atoms with Gasteiger partial charge < -0.3 is 20.9 Å². The van der Waals surface area contributed by atoms with Crippen LogP contribution in [-0.2, 0) is 0 Å². The molecule has 2 atom stereocenters. The average Bonchev–Trinajstić information content (AvgIpc) is 3.19. The Bertz CT molecular complexity index is 1060. The van der Waals surface area contributed by atoms with Crippen molar-refractivity contribution in [3.05, 3.63) is 40.8 Å². The molecule has 0 aliphatic carbocycles. The molecule has 3 aromatic rings. The van der Waals surface area contributed by atoms with Gasteiger partial charge in [-0.15, -0.1) is 22.6 Å². The summed E-state index contributed by atoms with van der Waals surface area (Å²) in [4.78, 5) is 4.46. The van der Waals surface area contributed by atoms with Gasteiger partial charge in [0.1, 0.15) is 22.4 Å². The minimum absolute atomic E-state index is 0. The van der Waals surface area contributed by atoms with Gasteiger partial charge in [-0.1, -0.05) is 22.9 Å². The zero-order chi connectivity index (χ0) is 22.7. The van der Waals surface area contributed by atoms with E-state index in [1.165, 1.54) is 23.5 Å². The number of pyridine rings is 1. The van der Waals surface area contributed by atoms with E-state index in [2.05, 4.69) is 20.5 Å². The Kier molecular flexibility index (Phi) is 9.18. The highest BCUT2D eigenvalue weighted by molar-refractivity contribution is 7.18. The molecule has 0 unspecified atom stereocenters. The summed E-state index contributed by atoms with van der Waals surface area (Å²) in [6.07, 6.45) is 0.956. The molecule has 11 heteroatoms. The highest BCUT2D eigenvalue weighted by Gasteiger charge is 2.18. The van der Waals surface area contributed by atoms with Crippen LogP contribution in [0.3, 0.4) is 0 Å². The zero-order valence-corrected chi connectivity index (χ0v) is 20.5. The number of aryl methyl sites for hydroxylation is 1. The number of aliphatic hydroxyl groups excluding tert-OH is 1. The van der Waals surface area contributed by atoms with Crippen LogP contribution in [0.5, 0.6) is 5.75 Å². The lowest BCUT2D eigenvalue weighted by atomic mass is 10.2. The maximum Gasteiger partial charge on any atom is 0.165 e. The molecule has 0 saturated heterocycles. The van der Waals surface area contributed by atoms with E-state index in [0.29, 0.717) is 15.6 Å². The summed E-state index contributed by atoms with van der Waals surface area (Å²) in [6, 6.07) is 4.25. The average molecular weight is 502 g/mol. The van der Waals surface area contributed by atoms with Crippen molar-refractivity contribution in [3.63, 3.8) is 0 Å².